The van der Waals surface area contributed by atoms with Gasteiger partial charge in [0.25, 0.3) is 0 Å². The molecule has 90 valence electrons. The number of hydrogen-bond acceptors (Lipinski definition) is 2. The van der Waals surface area contributed by atoms with E-state index in [1.807, 2.05) is 30.3 Å². The standard InChI is InChI=1S/C14H11NO3/c16-14(17)12-8-11-6-7-18-13(11)15(12)9-10-4-2-1-3-5-10/h1-8H,9H2,(H,16,17). The molecular weight excluding hydrogens is 230 g/mol. The smallest absolute Gasteiger partial charge is 0.352 e. The Labute approximate surface area is 103 Å². The SMILES string of the molecule is O=C(O)c1cc2ccoc2n1Cc1ccccc1. The molecule has 4 nitrogen and oxygen atoms in total. The summed E-state index contributed by atoms with van der Waals surface area (Å²) in [4.78, 5) is 11.2. The van der Waals surface area contributed by atoms with E-state index >= 15 is 0 Å². The van der Waals surface area contributed by atoms with Gasteiger partial charge in [-0.1, -0.05) is 30.3 Å². The molecule has 0 fully saturated rings. The predicted molar refractivity (Wildman–Crippen MR) is 66.7 cm³/mol. The number of carboxylic acids is 1. The van der Waals surface area contributed by atoms with Gasteiger partial charge in [0.05, 0.1) is 12.8 Å². The first-order valence-electron chi connectivity index (χ1n) is 5.59. The van der Waals surface area contributed by atoms with E-state index in [0.717, 1.165) is 10.9 Å². The molecule has 1 aromatic carbocycles. The number of aromatic nitrogens is 1. The van der Waals surface area contributed by atoms with Gasteiger partial charge in [0.2, 0.25) is 5.71 Å². The third-order valence-corrected chi connectivity index (χ3v) is 2.91. The first-order valence-corrected chi connectivity index (χ1v) is 5.59. The fraction of sp³-hybridized carbons (Fsp3) is 0.0714. The Morgan fingerprint density at radius 1 is 1.22 bits per heavy atom. The zero-order valence-corrected chi connectivity index (χ0v) is 9.54. The number of carbonyl (C=O) groups is 1. The average molecular weight is 241 g/mol. The van der Waals surface area contributed by atoms with Crippen molar-refractivity contribution in [3.05, 3.63) is 60.0 Å². The fourth-order valence-electron chi connectivity index (χ4n) is 2.08. The van der Waals surface area contributed by atoms with Crippen LogP contribution in [0.15, 0.2) is 53.1 Å². The summed E-state index contributed by atoms with van der Waals surface area (Å²) < 4.78 is 7.03. The summed E-state index contributed by atoms with van der Waals surface area (Å²) >= 11 is 0. The van der Waals surface area contributed by atoms with Crippen LogP contribution in [0.4, 0.5) is 0 Å². The number of hydrogen-bond donors (Lipinski definition) is 1. The molecule has 0 spiro atoms. The fourth-order valence-corrected chi connectivity index (χ4v) is 2.08. The van der Waals surface area contributed by atoms with E-state index in [0.29, 0.717) is 12.3 Å². The van der Waals surface area contributed by atoms with Crippen LogP contribution in [-0.4, -0.2) is 15.6 Å². The molecule has 0 amide bonds. The van der Waals surface area contributed by atoms with Gasteiger partial charge < -0.3 is 14.1 Å². The largest absolute Gasteiger partial charge is 0.477 e. The Morgan fingerprint density at radius 3 is 2.72 bits per heavy atom. The second-order valence-corrected chi connectivity index (χ2v) is 4.09. The first-order chi connectivity index (χ1) is 8.75. The highest BCUT2D eigenvalue weighted by atomic mass is 16.4. The van der Waals surface area contributed by atoms with Gasteiger partial charge in [0.15, 0.2) is 0 Å². The van der Waals surface area contributed by atoms with Gasteiger partial charge in [-0.3, -0.25) is 0 Å². The van der Waals surface area contributed by atoms with Crippen molar-refractivity contribution >= 4 is 17.1 Å². The molecule has 1 N–H and O–H groups in total. The molecule has 4 heteroatoms. The number of furan rings is 1. The van der Waals surface area contributed by atoms with Gasteiger partial charge in [-0.05, 0) is 17.7 Å². The molecule has 0 aliphatic carbocycles. The molecule has 0 radical (unpaired) electrons. The first kappa shape index (κ1) is 10.7. The van der Waals surface area contributed by atoms with Crippen LogP contribution in [0, 0.1) is 0 Å². The lowest BCUT2D eigenvalue weighted by atomic mass is 10.2. The predicted octanol–water partition coefficient (Wildman–Crippen LogP) is 2.98. The van der Waals surface area contributed by atoms with Gasteiger partial charge >= 0.3 is 5.97 Å². The summed E-state index contributed by atoms with van der Waals surface area (Å²) in [5.74, 6) is -0.947. The van der Waals surface area contributed by atoms with Crippen LogP contribution in [0.25, 0.3) is 11.1 Å². The number of aromatic carboxylic acids is 1. The van der Waals surface area contributed by atoms with Crippen LogP contribution in [0.3, 0.4) is 0 Å². The molecule has 18 heavy (non-hydrogen) atoms. The number of nitrogens with zero attached hydrogens (tertiary/aromatic N) is 1. The highest BCUT2D eigenvalue weighted by Gasteiger charge is 2.16. The minimum Gasteiger partial charge on any atom is -0.477 e. The van der Waals surface area contributed by atoms with Crippen molar-refractivity contribution in [3.63, 3.8) is 0 Å². The maximum Gasteiger partial charge on any atom is 0.352 e. The summed E-state index contributed by atoms with van der Waals surface area (Å²) in [6.45, 7) is 0.486. The van der Waals surface area contributed by atoms with Crippen molar-refractivity contribution in [1.82, 2.24) is 4.57 Å². The highest BCUT2D eigenvalue weighted by molar-refractivity contribution is 5.93. The molecule has 0 atom stereocenters. The van der Waals surface area contributed by atoms with Crippen LogP contribution in [0.5, 0.6) is 0 Å². The number of benzene rings is 1. The Balaban J connectivity index is 2.11. The molecular formula is C14H11NO3. The Bertz CT molecular complexity index is 694. The third kappa shape index (κ3) is 1.68. The minimum atomic E-state index is -0.947. The molecule has 2 heterocycles. The van der Waals surface area contributed by atoms with E-state index in [2.05, 4.69) is 0 Å². The van der Waals surface area contributed by atoms with Crippen LogP contribution in [0.1, 0.15) is 16.1 Å². The van der Waals surface area contributed by atoms with Crippen molar-refractivity contribution in [2.45, 2.75) is 6.54 Å². The van der Waals surface area contributed by atoms with Crippen LogP contribution >= 0.6 is 0 Å². The molecule has 2 aromatic heterocycles. The summed E-state index contributed by atoms with van der Waals surface area (Å²) in [6.07, 6.45) is 1.57. The highest BCUT2D eigenvalue weighted by Crippen LogP contribution is 2.22. The van der Waals surface area contributed by atoms with Gasteiger partial charge in [0, 0.05) is 5.39 Å². The van der Waals surface area contributed by atoms with E-state index in [1.165, 1.54) is 0 Å². The van der Waals surface area contributed by atoms with Crippen molar-refractivity contribution in [2.75, 3.05) is 0 Å². The Kier molecular flexibility index (Phi) is 2.41. The van der Waals surface area contributed by atoms with Crippen molar-refractivity contribution in [2.24, 2.45) is 0 Å². The maximum atomic E-state index is 11.2. The van der Waals surface area contributed by atoms with E-state index in [4.69, 9.17) is 4.42 Å². The lowest BCUT2D eigenvalue weighted by Gasteiger charge is -2.06. The molecule has 0 bridgehead atoms. The van der Waals surface area contributed by atoms with E-state index in [-0.39, 0.29) is 5.69 Å². The zero-order valence-electron chi connectivity index (χ0n) is 9.54. The molecule has 0 saturated carbocycles. The van der Waals surface area contributed by atoms with E-state index < -0.39 is 5.97 Å². The van der Waals surface area contributed by atoms with Crippen molar-refractivity contribution in [3.8, 4) is 0 Å². The number of fused-ring (bicyclic) bond motifs is 1. The topological polar surface area (TPSA) is 55.4 Å². The maximum absolute atomic E-state index is 11.2. The molecule has 3 rings (SSSR count). The van der Waals surface area contributed by atoms with Gasteiger partial charge in [-0.15, -0.1) is 0 Å². The Morgan fingerprint density at radius 2 is 2.00 bits per heavy atom. The normalized spacial score (nSPS) is 10.9. The monoisotopic (exact) mass is 241 g/mol. The lowest BCUT2D eigenvalue weighted by molar-refractivity contribution is 0.0685. The van der Waals surface area contributed by atoms with Crippen LogP contribution in [0.2, 0.25) is 0 Å². The van der Waals surface area contributed by atoms with Crippen LogP contribution in [-0.2, 0) is 6.54 Å². The summed E-state index contributed by atoms with van der Waals surface area (Å²) in [5, 5.41) is 10.0. The summed E-state index contributed by atoms with van der Waals surface area (Å²) in [5.41, 5.74) is 1.87. The van der Waals surface area contributed by atoms with Gasteiger partial charge in [0.1, 0.15) is 5.69 Å². The average Bonchev–Trinajstić information content (AvgIpc) is 2.93. The molecule has 0 aliphatic heterocycles. The second kappa shape index (κ2) is 4.07. The van der Waals surface area contributed by atoms with Crippen LogP contribution < -0.4 is 0 Å². The van der Waals surface area contributed by atoms with Gasteiger partial charge in [-0.25, -0.2) is 4.79 Å². The van der Waals surface area contributed by atoms with Crippen molar-refractivity contribution < 1.29 is 14.3 Å². The zero-order chi connectivity index (χ0) is 12.5. The van der Waals surface area contributed by atoms with E-state index in [1.54, 1.807) is 23.0 Å². The van der Waals surface area contributed by atoms with Crippen molar-refractivity contribution in [1.29, 1.82) is 0 Å². The summed E-state index contributed by atoms with van der Waals surface area (Å²) in [6, 6.07) is 13.1. The minimum absolute atomic E-state index is 0.244. The number of carboxylic acid groups (broad SMARTS) is 1. The Hall–Kier alpha value is -2.49. The number of rotatable bonds is 3. The second-order valence-electron chi connectivity index (χ2n) is 4.09. The lowest BCUT2D eigenvalue weighted by Crippen LogP contribution is -2.09. The third-order valence-electron chi connectivity index (χ3n) is 2.91. The molecule has 3 aromatic rings. The molecule has 0 unspecified atom stereocenters. The summed E-state index contributed by atoms with van der Waals surface area (Å²) in [7, 11) is 0. The van der Waals surface area contributed by atoms with E-state index in [9.17, 15) is 9.90 Å². The van der Waals surface area contributed by atoms with Gasteiger partial charge in [-0.2, -0.15) is 0 Å². The quantitative estimate of drug-likeness (QED) is 0.766. The molecule has 0 saturated heterocycles. The molecule has 0 aliphatic rings.